The van der Waals surface area contributed by atoms with E-state index >= 15 is 0 Å². The van der Waals surface area contributed by atoms with Gasteiger partial charge in [0.05, 0.1) is 20.3 Å². The van der Waals surface area contributed by atoms with Crippen LogP contribution in [-0.2, 0) is 0 Å². The second kappa shape index (κ2) is 10.9. The third kappa shape index (κ3) is 6.07. The molecular formula is C23H28F2N2O4. The largest absolute Gasteiger partial charge is 0.497 e. The lowest BCUT2D eigenvalue weighted by Gasteiger charge is -2.35. The van der Waals surface area contributed by atoms with Crippen LogP contribution in [0.3, 0.4) is 0 Å². The van der Waals surface area contributed by atoms with Crippen molar-refractivity contribution >= 4 is 5.91 Å². The maximum Gasteiger partial charge on any atom is 0.387 e. The van der Waals surface area contributed by atoms with E-state index in [4.69, 9.17) is 9.47 Å². The maximum absolute atomic E-state index is 12.8. The Labute approximate surface area is 181 Å². The number of hydrogen-bond acceptors (Lipinski definition) is 5. The molecule has 0 spiro atoms. The van der Waals surface area contributed by atoms with E-state index in [2.05, 4.69) is 15.0 Å². The summed E-state index contributed by atoms with van der Waals surface area (Å²) in [7, 11) is 2.97. The zero-order valence-corrected chi connectivity index (χ0v) is 17.8. The van der Waals surface area contributed by atoms with E-state index in [0.717, 1.165) is 37.2 Å². The number of hydrogen-bond donors (Lipinski definition) is 1. The lowest BCUT2D eigenvalue weighted by Crippen LogP contribution is -2.40. The van der Waals surface area contributed by atoms with E-state index in [9.17, 15) is 13.6 Å². The first kappa shape index (κ1) is 22.8. The molecule has 2 aromatic carbocycles. The predicted molar refractivity (Wildman–Crippen MR) is 113 cm³/mol. The summed E-state index contributed by atoms with van der Waals surface area (Å²) >= 11 is 0. The molecule has 6 nitrogen and oxygen atoms in total. The van der Waals surface area contributed by atoms with Gasteiger partial charge in [-0.25, -0.2) is 0 Å². The van der Waals surface area contributed by atoms with Crippen molar-refractivity contribution in [1.29, 1.82) is 0 Å². The first-order valence-corrected chi connectivity index (χ1v) is 10.3. The molecule has 0 aliphatic carbocycles. The summed E-state index contributed by atoms with van der Waals surface area (Å²) in [5.41, 5.74) is 1.41. The minimum Gasteiger partial charge on any atom is -0.497 e. The molecular weight excluding hydrogens is 406 g/mol. The van der Waals surface area contributed by atoms with Crippen molar-refractivity contribution in [3.63, 3.8) is 0 Å². The number of nitrogens with one attached hydrogen (secondary N) is 1. The monoisotopic (exact) mass is 434 g/mol. The molecule has 168 valence electrons. The Morgan fingerprint density at radius 1 is 1.00 bits per heavy atom. The van der Waals surface area contributed by atoms with Gasteiger partial charge in [-0.15, -0.1) is 0 Å². The Hall–Kier alpha value is -2.87. The van der Waals surface area contributed by atoms with Crippen LogP contribution >= 0.6 is 0 Å². The van der Waals surface area contributed by atoms with Gasteiger partial charge in [0.1, 0.15) is 5.75 Å². The molecule has 1 N–H and O–H groups in total. The summed E-state index contributed by atoms with van der Waals surface area (Å²) in [6, 6.07) is 12.0. The SMILES string of the molecule is COc1ccc(C(CNC(=O)c2ccc(OC(F)F)c(OC)c2)N2CCCCC2)cc1. The van der Waals surface area contributed by atoms with Gasteiger partial charge >= 0.3 is 6.61 Å². The van der Waals surface area contributed by atoms with Crippen LogP contribution in [0.5, 0.6) is 17.2 Å². The number of ether oxygens (including phenoxy) is 3. The average Bonchev–Trinajstić information content (AvgIpc) is 2.80. The highest BCUT2D eigenvalue weighted by molar-refractivity contribution is 5.94. The number of alkyl halides is 2. The Balaban J connectivity index is 1.73. The van der Waals surface area contributed by atoms with Crippen molar-refractivity contribution in [2.24, 2.45) is 0 Å². The number of likely N-dealkylation sites (tertiary alicyclic amines) is 1. The fourth-order valence-electron chi connectivity index (χ4n) is 3.81. The van der Waals surface area contributed by atoms with E-state index < -0.39 is 6.61 Å². The third-order valence-corrected chi connectivity index (χ3v) is 5.43. The highest BCUT2D eigenvalue weighted by Gasteiger charge is 2.23. The van der Waals surface area contributed by atoms with Gasteiger partial charge < -0.3 is 19.5 Å². The summed E-state index contributed by atoms with van der Waals surface area (Å²) in [6.07, 6.45) is 3.47. The highest BCUT2D eigenvalue weighted by Crippen LogP contribution is 2.30. The van der Waals surface area contributed by atoms with Crippen LogP contribution in [0, 0.1) is 0 Å². The molecule has 0 aromatic heterocycles. The van der Waals surface area contributed by atoms with Gasteiger partial charge in [-0.05, 0) is 61.8 Å². The standard InChI is InChI=1S/C23H28F2N2O4/c1-29-18-9-6-16(7-10-18)19(27-12-4-3-5-13-27)15-26-22(28)17-8-11-20(31-23(24)25)21(14-17)30-2/h6-11,14,19,23H,3-5,12-13,15H2,1-2H3,(H,26,28). The van der Waals surface area contributed by atoms with E-state index in [1.165, 1.54) is 31.7 Å². The number of carbonyl (C=O) groups is 1. The molecule has 1 amide bonds. The Kier molecular flexibility index (Phi) is 8.06. The molecule has 2 aromatic rings. The number of rotatable bonds is 9. The van der Waals surface area contributed by atoms with E-state index in [-0.39, 0.29) is 23.4 Å². The number of halogens is 2. The minimum absolute atomic E-state index is 0.0264. The molecule has 1 aliphatic rings. The molecule has 1 atom stereocenters. The van der Waals surface area contributed by atoms with Crippen LogP contribution in [0.15, 0.2) is 42.5 Å². The van der Waals surface area contributed by atoms with Gasteiger partial charge in [-0.3, -0.25) is 9.69 Å². The van der Waals surface area contributed by atoms with Crippen LogP contribution in [0.1, 0.15) is 41.2 Å². The van der Waals surface area contributed by atoms with Gasteiger partial charge in [-0.1, -0.05) is 18.6 Å². The molecule has 31 heavy (non-hydrogen) atoms. The first-order valence-electron chi connectivity index (χ1n) is 10.3. The minimum atomic E-state index is -2.97. The summed E-state index contributed by atoms with van der Waals surface area (Å²) in [4.78, 5) is 15.2. The quantitative estimate of drug-likeness (QED) is 0.639. The summed E-state index contributed by atoms with van der Waals surface area (Å²) in [6.45, 7) is -0.605. The maximum atomic E-state index is 12.8. The van der Waals surface area contributed by atoms with Gasteiger partial charge in [0.2, 0.25) is 0 Å². The van der Waals surface area contributed by atoms with Gasteiger partial charge in [0, 0.05) is 12.1 Å². The van der Waals surface area contributed by atoms with Gasteiger partial charge in [0.15, 0.2) is 11.5 Å². The molecule has 0 saturated carbocycles. The normalized spacial score (nSPS) is 15.4. The van der Waals surface area contributed by atoms with Crippen molar-refractivity contribution in [2.45, 2.75) is 31.9 Å². The van der Waals surface area contributed by atoms with Crippen molar-refractivity contribution in [3.05, 3.63) is 53.6 Å². The third-order valence-electron chi connectivity index (χ3n) is 5.43. The van der Waals surface area contributed by atoms with Crippen LogP contribution in [0.2, 0.25) is 0 Å². The fourth-order valence-corrected chi connectivity index (χ4v) is 3.81. The lowest BCUT2D eigenvalue weighted by atomic mass is 10.0. The highest BCUT2D eigenvalue weighted by atomic mass is 19.3. The second-order valence-electron chi connectivity index (χ2n) is 7.34. The topological polar surface area (TPSA) is 60.0 Å². The van der Waals surface area contributed by atoms with E-state index in [0.29, 0.717) is 12.1 Å². The van der Waals surface area contributed by atoms with Crippen LogP contribution in [0.25, 0.3) is 0 Å². The van der Waals surface area contributed by atoms with Crippen molar-refractivity contribution in [1.82, 2.24) is 10.2 Å². The molecule has 1 saturated heterocycles. The number of methoxy groups -OCH3 is 2. The first-order chi connectivity index (χ1) is 15.0. The van der Waals surface area contributed by atoms with E-state index in [1.807, 2.05) is 24.3 Å². The Morgan fingerprint density at radius 3 is 2.32 bits per heavy atom. The lowest BCUT2D eigenvalue weighted by molar-refractivity contribution is -0.0512. The van der Waals surface area contributed by atoms with Crippen LogP contribution in [-0.4, -0.2) is 51.3 Å². The Bertz CT molecular complexity index is 855. The average molecular weight is 434 g/mol. The molecule has 1 unspecified atom stereocenters. The molecule has 1 heterocycles. The van der Waals surface area contributed by atoms with Gasteiger partial charge in [-0.2, -0.15) is 8.78 Å². The molecule has 3 rings (SSSR count). The Morgan fingerprint density at radius 2 is 1.71 bits per heavy atom. The van der Waals surface area contributed by atoms with Crippen molar-refractivity contribution in [2.75, 3.05) is 33.9 Å². The number of piperidine rings is 1. The number of carbonyl (C=O) groups excluding carboxylic acids is 1. The van der Waals surface area contributed by atoms with Gasteiger partial charge in [0.25, 0.3) is 5.91 Å². The van der Waals surface area contributed by atoms with E-state index in [1.54, 1.807) is 7.11 Å². The predicted octanol–water partition coefficient (Wildman–Crippen LogP) is 4.26. The number of benzene rings is 2. The van der Waals surface area contributed by atoms with Crippen molar-refractivity contribution < 1.29 is 27.8 Å². The molecule has 1 fully saturated rings. The van der Waals surface area contributed by atoms with Crippen LogP contribution < -0.4 is 19.5 Å². The summed E-state index contributed by atoms with van der Waals surface area (Å²) in [5.74, 6) is 0.440. The fraction of sp³-hybridized carbons (Fsp3) is 0.435. The molecule has 1 aliphatic heterocycles. The molecule has 0 radical (unpaired) electrons. The molecule has 0 bridgehead atoms. The second-order valence-corrected chi connectivity index (χ2v) is 7.34. The summed E-state index contributed by atoms with van der Waals surface area (Å²) in [5, 5.41) is 2.98. The summed E-state index contributed by atoms with van der Waals surface area (Å²) < 4.78 is 39.8. The number of amides is 1. The number of nitrogens with zero attached hydrogens (tertiary/aromatic N) is 1. The van der Waals surface area contributed by atoms with Crippen molar-refractivity contribution in [3.8, 4) is 17.2 Å². The zero-order valence-electron chi connectivity index (χ0n) is 17.8. The molecule has 8 heteroatoms. The smallest absolute Gasteiger partial charge is 0.387 e. The van der Waals surface area contributed by atoms with Crippen LogP contribution in [0.4, 0.5) is 8.78 Å². The zero-order chi connectivity index (χ0) is 22.2.